The number of hydrogen-bond donors (Lipinski definition) is 0. The minimum absolute atomic E-state index is 0.444. The topological polar surface area (TPSA) is 50.9 Å². The van der Waals surface area contributed by atoms with Gasteiger partial charge < -0.3 is 10.0 Å². The molecule has 0 aliphatic carbocycles. The smallest absolute Gasteiger partial charge is 0.232 e. The van der Waals surface area contributed by atoms with Crippen molar-refractivity contribution >= 4 is 0 Å². The fourth-order valence-corrected chi connectivity index (χ4v) is 0.587. The maximum atomic E-state index is 10.8. The predicted octanol–water partition coefficient (Wildman–Crippen LogP) is 0.767. The average molecular weight is 147 g/mol. The first-order valence-corrected chi connectivity index (χ1v) is 3.22. The Bertz CT molecular complexity index is 111. The molecule has 0 amide bonds. The fourth-order valence-electron chi connectivity index (χ4n) is 0.587. The van der Waals surface area contributed by atoms with Crippen LogP contribution in [0, 0.1) is 5.21 Å². The summed E-state index contributed by atoms with van der Waals surface area (Å²) < 4.78 is 0. The molecule has 5 nitrogen and oxygen atoms in total. The molecule has 0 spiro atoms. The van der Waals surface area contributed by atoms with E-state index in [0.717, 1.165) is 0 Å². The first-order chi connectivity index (χ1) is 4.76. The molecule has 0 unspecified atom stereocenters. The summed E-state index contributed by atoms with van der Waals surface area (Å²) in [5.74, 6) is 0. The summed E-state index contributed by atoms with van der Waals surface area (Å²) in [7, 11) is 1.34. The molecular weight excluding hydrogens is 134 g/mol. The Morgan fingerprint density at radius 3 is 2.30 bits per heavy atom. The van der Waals surface area contributed by atoms with Gasteiger partial charge in [-0.1, -0.05) is 0 Å². The van der Waals surface area contributed by atoms with Gasteiger partial charge in [0.25, 0.3) is 0 Å². The van der Waals surface area contributed by atoms with Gasteiger partial charge in [-0.05, 0) is 13.8 Å². The molecule has 0 aliphatic rings. The van der Waals surface area contributed by atoms with Crippen LogP contribution in [0.25, 0.3) is 0 Å². The molecule has 0 aliphatic heterocycles. The monoisotopic (exact) mass is 147 g/mol. The third-order valence-electron chi connectivity index (χ3n) is 1.12. The van der Waals surface area contributed by atoms with Crippen molar-refractivity contribution < 1.29 is 9.81 Å². The first-order valence-electron chi connectivity index (χ1n) is 3.22. The van der Waals surface area contributed by atoms with Gasteiger partial charge in [-0.25, -0.2) is 0 Å². The molecule has 5 heteroatoms. The van der Waals surface area contributed by atoms with Crippen LogP contribution in [0.1, 0.15) is 13.8 Å². The van der Waals surface area contributed by atoms with E-state index in [1.165, 1.54) is 12.1 Å². The summed E-state index contributed by atoms with van der Waals surface area (Å²) in [6, 6.07) is 0. The Labute approximate surface area is 60.4 Å². The van der Waals surface area contributed by atoms with Crippen molar-refractivity contribution in [2.24, 2.45) is 5.28 Å². The number of hydrogen-bond acceptors (Lipinski definition) is 3. The summed E-state index contributed by atoms with van der Waals surface area (Å²) in [4.78, 5) is 4.73. The van der Waals surface area contributed by atoms with Gasteiger partial charge in [0.1, 0.15) is 7.11 Å². The molecule has 0 saturated heterocycles. The van der Waals surface area contributed by atoms with Crippen LogP contribution in [0.2, 0.25) is 0 Å². The Balaban J connectivity index is 3.87. The highest BCUT2D eigenvalue weighted by Crippen LogP contribution is 1.88. The molecule has 0 atom stereocenters. The molecule has 0 aromatic heterocycles. The second-order valence-electron chi connectivity index (χ2n) is 1.66. The normalized spacial score (nSPS) is 11.3. The maximum Gasteiger partial charge on any atom is 0.232 e. The molecule has 0 radical (unpaired) electrons. The Kier molecular flexibility index (Phi) is 4.36. The second kappa shape index (κ2) is 4.84. The van der Waals surface area contributed by atoms with Crippen molar-refractivity contribution in [3.05, 3.63) is 5.21 Å². The van der Waals surface area contributed by atoms with Gasteiger partial charge in [0.15, 0.2) is 0 Å². The summed E-state index contributed by atoms with van der Waals surface area (Å²) >= 11 is 0. The van der Waals surface area contributed by atoms with Crippen molar-refractivity contribution in [2.75, 3.05) is 20.2 Å². The van der Waals surface area contributed by atoms with Gasteiger partial charge in [-0.3, -0.25) is 0 Å². The Morgan fingerprint density at radius 1 is 1.50 bits per heavy atom. The highest BCUT2D eigenvalue weighted by molar-refractivity contribution is 4.29. The SMILES string of the molecule is CCN(CC)[N+]([O-])=NOC. The summed E-state index contributed by atoms with van der Waals surface area (Å²) in [6.07, 6.45) is 0. The van der Waals surface area contributed by atoms with Crippen LogP contribution in [0.5, 0.6) is 0 Å². The minimum atomic E-state index is 0.444. The minimum Gasteiger partial charge on any atom is -0.569 e. The molecule has 0 aromatic carbocycles. The lowest BCUT2D eigenvalue weighted by atomic mass is 10.6. The molecule has 0 saturated carbocycles. The average Bonchev–Trinajstić information content (AvgIpc) is 1.91. The van der Waals surface area contributed by atoms with Crippen LogP contribution in [0.4, 0.5) is 0 Å². The van der Waals surface area contributed by atoms with Crippen LogP contribution in [-0.4, -0.2) is 30.2 Å². The van der Waals surface area contributed by atoms with Crippen molar-refractivity contribution in [3.63, 3.8) is 0 Å². The van der Waals surface area contributed by atoms with E-state index in [1.54, 1.807) is 0 Å². The van der Waals surface area contributed by atoms with Crippen LogP contribution < -0.4 is 0 Å². The van der Waals surface area contributed by atoms with Gasteiger partial charge >= 0.3 is 0 Å². The summed E-state index contributed by atoms with van der Waals surface area (Å²) in [6.45, 7) is 5.01. The standard InChI is InChI=1S/C5H13N3O2/c1-4-7(5-2)8(9)6-10-3/h4-5H2,1-3H3. The van der Waals surface area contributed by atoms with E-state index in [1.807, 2.05) is 13.8 Å². The second-order valence-corrected chi connectivity index (χ2v) is 1.66. The highest BCUT2D eigenvalue weighted by atomic mass is 16.7. The molecule has 60 valence electrons. The molecule has 0 rings (SSSR count). The van der Waals surface area contributed by atoms with Crippen molar-refractivity contribution in [2.45, 2.75) is 13.8 Å². The Hall–Kier alpha value is -1.00. The molecule has 0 fully saturated rings. The molecule has 0 aromatic rings. The summed E-state index contributed by atoms with van der Waals surface area (Å²) in [5.41, 5.74) is 0. The number of rotatable bonds is 4. The largest absolute Gasteiger partial charge is 0.569 e. The van der Waals surface area contributed by atoms with E-state index in [4.69, 9.17) is 0 Å². The van der Waals surface area contributed by atoms with Gasteiger partial charge in [-0.2, -0.15) is 0 Å². The molecule has 0 N–H and O–H groups in total. The molecular formula is C5H13N3O2. The number of hydrazine groups is 1. The molecule has 10 heavy (non-hydrogen) atoms. The van der Waals surface area contributed by atoms with E-state index in [9.17, 15) is 5.21 Å². The Morgan fingerprint density at radius 2 is 2.00 bits per heavy atom. The van der Waals surface area contributed by atoms with Crippen LogP contribution in [0.3, 0.4) is 0 Å². The zero-order valence-corrected chi connectivity index (χ0v) is 6.57. The lowest BCUT2D eigenvalue weighted by Gasteiger charge is -2.12. The van der Waals surface area contributed by atoms with Gasteiger partial charge in [-0.15, -0.1) is 5.01 Å². The van der Waals surface area contributed by atoms with Gasteiger partial charge in [0, 0.05) is 0 Å². The zero-order valence-electron chi connectivity index (χ0n) is 6.57. The van der Waals surface area contributed by atoms with E-state index in [2.05, 4.69) is 10.1 Å². The van der Waals surface area contributed by atoms with E-state index < -0.39 is 0 Å². The fraction of sp³-hybridized carbons (Fsp3) is 1.00. The third-order valence-corrected chi connectivity index (χ3v) is 1.12. The zero-order chi connectivity index (χ0) is 7.98. The maximum absolute atomic E-state index is 10.8. The van der Waals surface area contributed by atoms with Gasteiger partial charge in [0.2, 0.25) is 5.28 Å². The third kappa shape index (κ3) is 2.52. The lowest BCUT2D eigenvalue weighted by Crippen LogP contribution is -2.30. The molecule has 0 bridgehead atoms. The lowest BCUT2D eigenvalue weighted by molar-refractivity contribution is -0.709. The molecule has 0 heterocycles. The number of nitrogens with zero attached hydrogens (tertiary/aromatic N) is 3. The highest BCUT2D eigenvalue weighted by Gasteiger charge is 2.04. The quantitative estimate of drug-likeness (QED) is 0.335. The summed E-state index contributed by atoms with van der Waals surface area (Å²) in [5, 5.41) is 15.4. The van der Waals surface area contributed by atoms with E-state index in [-0.39, 0.29) is 0 Å². The predicted molar refractivity (Wildman–Crippen MR) is 36.0 cm³/mol. The van der Waals surface area contributed by atoms with Crippen LogP contribution in [0.15, 0.2) is 5.28 Å². The first kappa shape index (κ1) is 9.00. The van der Waals surface area contributed by atoms with Crippen molar-refractivity contribution in [1.82, 2.24) is 5.01 Å². The van der Waals surface area contributed by atoms with Crippen molar-refractivity contribution in [1.29, 1.82) is 0 Å². The van der Waals surface area contributed by atoms with Crippen molar-refractivity contribution in [3.8, 4) is 0 Å². The van der Waals surface area contributed by atoms with Gasteiger partial charge in [0.05, 0.1) is 18.1 Å². The van der Waals surface area contributed by atoms with E-state index >= 15 is 0 Å². The van der Waals surface area contributed by atoms with Crippen LogP contribution >= 0.6 is 0 Å². The van der Waals surface area contributed by atoms with Crippen LogP contribution in [-0.2, 0) is 4.84 Å². The van der Waals surface area contributed by atoms with E-state index in [0.29, 0.717) is 18.1 Å².